The number of alkyl halides is 1. The molecule has 126 valence electrons. The van der Waals surface area contributed by atoms with Crippen LogP contribution in [0.3, 0.4) is 0 Å². The van der Waals surface area contributed by atoms with Crippen molar-refractivity contribution in [2.45, 2.75) is 23.8 Å². The Morgan fingerprint density at radius 2 is 2.30 bits per heavy atom. The molecule has 1 saturated heterocycles. The van der Waals surface area contributed by atoms with Crippen molar-refractivity contribution >= 4 is 43.0 Å². The molecule has 0 radical (unpaired) electrons. The molecule has 0 aliphatic carbocycles. The normalized spacial score (nSPS) is 23.0. The van der Waals surface area contributed by atoms with Gasteiger partial charge in [-0.25, -0.2) is 18.4 Å². The van der Waals surface area contributed by atoms with Crippen LogP contribution in [-0.2, 0) is 14.6 Å². The van der Waals surface area contributed by atoms with E-state index in [0.717, 1.165) is 15.1 Å². The summed E-state index contributed by atoms with van der Waals surface area (Å²) in [5.74, 6) is 0. The zero-order chi connectivity index (χ0) is 16.6. The zero-order valence-corrected chi connectivity index (χ0v) is 15.2. The van der Waals surface area contributed by atoms with Crippen LogP contribution in [0.4, 0.5) is 0 Å². The van der Waals surface area contributed by atoms with Crippen LogP contribution in [-0.4, -0.2) is 60.1 Å². The van der Waals surface area contributed by atoms with E-state index in [9.17, 15) is 8.42 Å². The monoisotopic (exact) mass is 375 g/mol. The van der Waals surface area contributed by atoms with Crippen LogP contribution < -0.4 is 0 Å². The third-order valence-corrected chi connectivity index (χ3v) is 7.08. The SMILES string of the molecule is CC(C(c1cc2ncncc2s1)N1CCOC(Cl)C1)S(C)(=O)=O. The van der Waals surface area contributed by atoms with Crippen LogP contribution in [0.2, 0.25) is 0 Å². The lowest BCUT2D eigenvalue weighted by Gasteiger charge is -2.38. The lowest BCUT2D eigenvalue weighted by molar-refractivity contribution is -0.00473. The van der Waals surface area contributed by atoms with Gasteiger partial charge >= 0.3 is 0 Å². The molecule has 0 N–H and O–H groups in total. The summed E-state index contributed by atoms with van der Waals surface area (Å²) in [5.41, 5.74) is 0.411. The predicted molar refractivity (Wildman–Crippen MR) is 91.6 cm³/mol. The molecule has 1 fully saturated rings. The smallest absolute Gasteiger partial charge is 0.151 e. The lowest BCUT2D eigenvalue weighted by atomic mass is 10.1. The van der Waals surface area contributed by atoms with E-state index in [1.807, 2.05) is 6.07 Å². The minimum Gasteiger partial charge on any atom is -0.360 e. The first-order chi connectivity index (χ1) is 10.9. The maximum absolute atomic E-state index is 12.2. The molecule has 2 aromatic heterocycles. The highest BCUT2D eigenvalue weighted by Crippen LogP contribution is 2.36. The molecule has 1 aliphatic heterocycles. The Morgan fingerprint density at radius 3 is 2.96 bits per heavy atom. The van der Waals surface area contributed by atoms with Gasteiger partial charge in [0.05, 0.1) is 28.1 Å². The van der Waals surface area contributed by atoms with Gasteiger partial charge in [-0.15, -0.1) is 11.3 Å². The first-order valence-corrected chi connectivity index (χ1v) is 10.4. The van der Waals surface area contributed by atoms with Gasteiger partial charge in [-0.2, -0.15) is 0 Å². The molecule has 6 nitrogen and oxygen atoms in total. The molecule has 3 rings (SSSR count). The summed E-state index contributed by atoms with van der Waals surface area (Å²) in [7, 11) is -3.21. The van der Waals surface area contributed by atoms with E-state index >= 15 is 0 Å². The van der Waals surface area contributed by atoms with Gasteiger partial charge in [-0.3, -0.25) is 4.90 Å². The van der Waals surface area contributed by atoms with Gasteiger partial charge in [0.1, 0.15) is 11.9 Å². The molecule has 0 aromatic carbocycles. The van der Waals surface area contributed by atoms with Crippen LogP contribution >= 0.6 is 22.9 Å². The number of hydrogen-bond acceptors (Lipinski definition) is 7. The van der Waals surface area contributed by atoms with E-state index in [4.69, 9.17) is 16.3 Å². The van der Waals surface area contributed by atoms with E-state index in [-0.39, 0.29) is 6.04 Å². The summed E-state index contributed by atoms with van der Waals surface area (Å²) >= 11 is 7.64. The zero-order valence-electron chi connectivity index (χ0n) is 12.8. The first kappa shape index (κ1) is 17.0. The van der Waals surface area contributed by atoms with E-state index in [2.05, 4.69) is 14.9 Å². The Hall–Kier alpha value is -0.800. The molecule has 9 heteroatoms. The second kappa shape index (κ2) is 6.60. The van der Waals surface area contributed by atoms with Gasteiger partial charge in [-0.05, 0) is 13.0 Å². The molecule has 3 atom stereocenters. The number of ether oxygens (including phenoxy) is 1. The second-order valence-electron chi connectivity index (χ2n) is 5.68. The molecular formula is C14H18ClN3O3S2. The van der Waals surface area contributed by atoms with Crippen molar-refractivity contribution in [3.05, 3.63) is 23.5 Å². The Kier molecular flexibility index (Phi) is 4.89. The Morgan fingerprint density at radius 1 is 1.52 bits per heavy atom. The fraction of sp³-hybridized carbons (Fsp3) is 0.571. The topological polar surface area (TPSA) is 72.4 Å². The fourth-order valence-corrected chi connectivity index (χ4v) is 5.14. The number of thiophene rings is 1. The lowest BCUT2D eigenvalue weighted by Crippen LogP contribution is -2.46. The van der Waals surface area contributed by atoms with Crippen LogP contribution in [0.5, 0.6) is 0 Å². The first-order valence-electron chi connectivity index (χ1n) is 7.24. The number of nitrogens with zero attached hydrogens (tertiary/aromatic N) is 3. The number of sulfone groups is 1. The number of hydrogen-bond donors (Lipinski definition) is 0. The van der Waals surface area contributed by atoms with Crippen LogP contribution in [0.1, 0.15) is 17.8 Å². The van der Waals surface area contributed by atoms with E-state index < -0.39 is 20.7 Å². The number of fused-ring (bicyclic) bond motifs is 1. The van der Waals surface area contributed by atoms with Gasteiger partial charge in [0.25, 0.3) is 0 Å². The highest BCUT2D eigenvalue weighted by Gasteiger charge is 2.36. The standard InChI is InChI=1S/C14H18ClN3O3S2/c1-9(23(2,19)20)14(18-3-4-21-13(15)7-18)11-5-10-12(22-11)6-16-8-17-10/h5-6,8-9,13-14H,3-4,7H2,1-2H3. The number of morpholine rings is 1. The average molecular weight is 376 g/mol. The van der Waals surface area contributed by atoms with E-state index in [0.29, 0.717) is 19.7 Å². The van der Waals surface area contributed by atoms with Crippen molar-refractivity contribution in [2.75, 3.05) is 26.0 Å². The third kappa shape index (κ3) is 3.66. The van der Waals surface area contributed by atoms with E-state index in [1.54, 1.807) is 13.1 Å². The quantitative estimate of drug-likeness (QED) is 0.762. The molecule has 0 bridgehead atoms. The predicted octanol–water partition coefficient (Wildman–Crippen LogP) is 2.06. The molecule has 3 heterocycles. The van der Waals surface area contributed by atoms with Gasteiger partial charge in [-0.1, -0.05) is 11.6 Å². The fourth-order valence-electron chi connectivity index (χ4n) is 2.77. The Bertz CT molecular complexity index is 762. The minimum absolute atomic E-state index is 0.269. The third-order valence-electron chi connectivity index (χ3n) is 4.07. The number of rotatable bonds is 4. The van der Waals surface area contributed by atoms with Crippen molar-refractivity contribution in [3.63, 3.8) is 0 Å². The molecule has 2 aromatic rings. The molecule has 23 heavy (non-hydrogen) atoms. The van der Waals surface area contributed by atoms with Crippen LogP contribution in [0.15, 0.2) is 18.6 Å². The summed E-state index contributed by atoms with van der Waals surface area (Å²) in [5, 5.41) is -0.550. The number of aromatic nitrogens is 2. The Labute approximate surface area is 144 Å². The highest BCUT2D eigenvalue weighted by molar-refractivity contribution is 7.91. The Balaban J connectivity index is 2.03. The molecule has 0 spiro atoms. The van der Waals surface area contributed by atoms with Crippen LogP contribution in [0, 0.1) is 0 Å². The molecule has 1 aliphatic rings. The van der Waals surface area contributed by atoms with Gasteiger partial charge in [0.2, 0.25) is 0 Å². The van der Waals surface area contributed by atoms with Crippen molar-refractivity contribution in [2.24, 2.45) is 0 Å². The summed E-state index contributed by atoms with van der Waals surface area (Å²) in [6, 6.07) is 1.68. The summed E-state index contributed by atoms with van der Waals surface area (Å²) in [6.45, 7) is 3.38. The van der Waals surface area contributed by atoms with Crippen molar-refractivity contribution in [3.8, 4) is 0 Å². The summed E-state index contributed by atoms with van der Waals surface area (Å²) in [4.78, 5) is 11.3. The summed E-state index contributed by atoms with van der Waals surface area (Å²) in [6.07, 6.45) is 4.52. The maximum Gasteiger partial charge on any atom is 0.151 e. The second-order valence-corrected chi connectivity index (χ2v) is 9.68. The maximum atomic E-state index is 12.2. The molecule has 0 saturated carbocycles. The van der Waals surface area contributed by atoms with Crippen molar-refractivity contribution in [1.29, 1.82) is 0 Å². The van der Waals surface area contributed by atoms with Gasteiger partial charge in [0.15, 0.2) is 9.84 Å². The average Bonchev–Trinajstić information content (AvgIpc) is 2.90. The van der Waals surface area contributed by atoms with Gasteiger partial charge < -0.3 is 4.74 Å². The van der Waals surface area contributed by atoms with Crippen molar-refractivity contribution < 1.29 is 13.2 Å². The minimum atomic E-state index is -3.21. The largest absolute Gasteiger partial charge is 0.360 e. The summed E-state index contributed by atoms with van der Waals surface area (Å²) < 4.78 is 30.7. The number of halogens is 1. The highest BCUT2D eigenvalue weighted by atomic mass is 35.5. The molecular weight excluding hydrogens is 358 g/mol. The van der Waals surface area contributed by atoms with Gasteiger partial charge in [0, 0.05) is 30.4 Å². The van der Waals surface area contributed by atoms with Crippen LogP contribution in [0.25, 0.3) is 10.2 Å². The van der Waals surface area contributed by atoms with E-state index in [1.165, 1.54) is 23.9 Å². The molecule has 0 amide bonds. The molecule has 3 unspecified atom stereocenters. The van der Waals surface area contributed by atoms with Crippen molar-refractivity contribution in [1.82, 2.24) is 14.9 Å².